The van der Waals surface area contributed by atoms with E-state index < -0.39 is 23.7 Å². The van der Waals surface area contributed by atoms with E-state index in [4.69, 9.17) is 4.84 Å². The zero-order valence-electron chi connectivity index (χ0n) is 15.4. The monoisotopic (exact) mass is 387 g/mol. The molecule has 29 heavy (non-hydrogen) atoms. The molecule has 5 rings (SSSR count). The highest BCUT2D eigenvalue weighted by molar-refractivity contribution is 6.20. The first-order chi connectivity index (χ1) is 14.1. The highest BCUT2D eigenvalue weighted by atomic mass is 16.7. The lowest BCUT2D eigenvalue weighted by Gasteiger charge is -2.24. The second-order valence-electron chi connectivity index (χ2n) is 7.14. The van der Waals surface area contributed by atoms with Crippen LogP contribution in [0.25, 0.3) is 11.4 Å². The summed E-state index contributed by atoms with van der Waals surface area (Å²) in [6, 6.07) is 16.3. The molecule has 0 radical (unpaired) electrons. The smallest absolute Gasteiger partial charge is 0.329 e. The second kappa shape index (κ2) is 6.70. The highest BCUT2D eigenvalue weighted by Crippen LogP contribution is 2.29. The first-order valence-electron chi connectivity index (χ1n) is 9.43. The van der Waals surface area contributed by atoms with Crippen molar-refractivity contribution in [1.29, 1.82) is 0 Å². The molecule has 3 heterocycles. The van der Waals surface area contributed by atoms with Gasteiger partial charge in [0, 0.05) is 30.4 Å². The van der Waals surface area contributed by atoms with Gasteiger partial charge in [0.1, 0.15) is 5.82 Å². The van der Waals surface area contributed by atoms with E-state index in [0.29, 0.717) is 24.4 Å². The number of aromatic nitrogens is 2. The minimum atomic E-state index is -0.605. The van der Waals surface area contributed by atoms with Crippen LogP contribution in [0.4, 0.5) is 0 Å². The van der Waals surface area contributed by atoms with Crippen LogP contribution < -0.4 is 0 Å². The van der Waals surface area contributed by atoms with E-state index in [1.165, 1.54) is 0 Å². The van der Waals surface area contributed by atoms with Crippen molar-refractivity contribution in [2.45, 2.75) is 19.4 Å². The lowest BCUT2D eigenvalue weighted by atomic mass is 9.96. The summed E-state index contributed by atoms with van der Waals surface area (Å²) in [6.07, 6.45) is 2.76. The summed E-state index contributed by atoms with van der Waals surface area (Å²) in [7, 11) is 0. The lowest BCUT2D eigenvalue weighted by Crippen LogP contribution is -2.37. The first kappa shape index (κ1) is 17.4. The van der Waals surface area contributed by atoms with Crippen molar-refractivity contribution in [3.63, 3.8) is 0 Å². The lowest BCUT2D eigenvalue weighted by molar-refractivity contribution is -0.174. The fraction of sp³-hybridized carbons (Fsp3) is 0.182. The summed E-state index contributed by atoms with van der Waals surface area (Å²) in [5.74, 6) is -1.36. The van der Waals surface area contributed by atoms with E-state index in [0.717, 1.165) is 17.1 Å². The molecule has 0 N–H and O–H groups in total. The Bertz CT molecular complexity index is 1100. The summed E-state index contributed by atoms with van der Waals surface area (Å²) < 4.78 is 2.10. The number of benzene rings is 2. The molecule has 7 nitrogen and oxygen atoms in total. The average Bonchev–Trinajstić information content (AvgIpc) is 3.29. The molecule has 0 bridgehead atoms. The molecule has 2 aliphatic rings. The molecule has 2 amide bonds. The van der Waals surface area contributed by atoms with Gasteiger partial charge in [-0.05, 0) is 18.6 Å². The SMILES string of the molecule is O=C(ON1C(=O)c2ccccc2C1=O)C1CCn2c(cnc2-c2ccccc2)C1. The minimum Gasteiger partial charge on any atom is -0.329 e. The molecular weight excluding hydrogens is 370 g/mol. The quantitative estimate of drug-likeness (QED) is 0.646. The molecule has 1 atom stereocenters. The van der Waals surface area contributed by atoms with Gasteiger partial charge in [-0.25, -0.2) is 9.78 Å². The van der Waals surface area contributed by atoms with E-state index in [1.54, 1.807) is 30.5 Å². The van der Waals surface area contributed by atoms with Crippen LogP contribution in [0.2, 0.25) is 0 Å². The Morgan fingerprint density at radius 1 is 0.966 bits per heavy atom. The number of hydrogen-bond acceptors (Lipinski definition) is 5. The van der Waals surface area contributed by atoms with Crippen LogP contribution in [0.3, 0.4) is 0 Å². The normalized spacial score (nSPS) is 17.8. The Morgan fingerprint density at radius 3 is 2.31 bits per heavy atom. The van der Waals surface area contributed by atoms with Gasteiger partial charge >= 0.3 is 5.97 Å². The summed E-state index contributed by atoms with van der Waals surface area (Å²) in [6.45, 7) is 0.613. The molecule has 2 aliphatic heterocycles. The van der Waals surface area contributed by atoms with Crippen LogP contribution in [-0.2, 0) is 22.6 Å². The number of hydrogen-bond donors (Lipinski definition) is 0. The number of rotatable bonds is 3. The van der Waals surface area contributed by atoms with Crippen molar-refractivity contribution in [3.05, 3.63) is 77.6 Å². The third kappa shape index (κ3) is 2.82. The molecule has 3 aromatic rings. The Hall–Kier alpha value is -3.74. The van der Waals surface area contributed by atoms with E-state index >= 15 is 0 Å². The maximum atomic E-state index is 12.7. The largest absolute Gasteiger partial charge is 0.336 e. The standard InChI is InChI=1S/C22H17N3O4/c26-20-17-8-4-5-9-18(17)21(27)25(20)29-22(28)15-10-11-24-16(12-15)13-23-19(24)14-6-2-1-3-7-14/h1-9,13,15H,10-12H2. The van der Waals surface area contributed by atoms with Gasteiger partial charge in [0.05, 0.1) is 17.0 Å². The molecule has 2 aromatic carbocycles. The van der Waals surface area contributed by atoms with Gasteiger partial charge in [0.15, 0.2) is 0 Å². The molecule has 0 fully saturated rings. The summed E-state index contributed by atoms with van der Waals surface area (Å²) in [5, 5.41) is 0.578. The van der Waals surface area contributed by atoms with Crippen LogP contribution in [-0.4, -0.2) is 32.4 Å². The maximum Gasteiger partial charge on any atom is 0.336 e. The molecule has 1 unspecified atom stereocenters. The van der Waals surface area contributed by atoms with Gasteiger partial charge in [-0.3, -0.25) is 9.59 Å². The summed E-state index contributed by atoms with van der Waals surface area (Å²) in [4.78, 5) is 47.2. The van der Waals surface area contributed by atoms with Gasteiger partial charge in [-0.15, -0.1) is 0 Å². The number of fused-ring (bicyclic) bond motifs is 2. The van der Waals surface area contributed by atoms with Crippen LogP contribution in [0.15, 0.2) is 60.8 Å². The van der Waals surface area contributed by atoms with Gasteiger partial charge in [-0.2, -0.15) is 0 Å². The fourth-order valence-electron chi connectivity index (χ4n) is 3.90. The Labute approximate surface area is 166 Å². The number of imide groups is 1. The van der Waals surface area contributed by atoms with Gasteiger partial charge < -0.3 is 9.40 Å². The average molecular weight is 387 g/mol. The fourth-order valence-corrected chi connectivity index (χ4v) is 3.90. The number of amides is 2. The van der Waals surface area contributed by atoms with Crippen LogP contribution in [0.5, 0.6) is 0 Å². The molecule has 0 aliphatic carbocycles. The molecule has 144 valence electrons. The van der Waals surface area contributed by atoms with E-state index in [9.17, 15) is 14.4 Å². The summed E-state index contributed by atoms with van der Waals surface area (Å²) in [5.41, 5.74) is 2.45. The molecule has 1 aromatic heterocycles. The van der Waals surface area contributed by atoms with Crippen LogP contribution in [0, 0.1) is 5.92 Å². The van der Waals surface area contributed by atoms with E-state index in [2.05, 4.69) is 9.55 Å². The van der Waals surface area contributed by atoms with Gasteiger partial charge in [0.2, 0.25) is 0 Å². The van der Waals surface area contributed by atoms with Crippen molar-refractivity contribution in [1.82, 2.24) is 14.6 Å². The first-order valence-corrected chi connectivity index (χ1v) is 9.43. The molecule has 7 heteroatoms. The van der Waals surface area contributed by atoms with Crippen LogP contribution in [0.1, 0.15) is 32.8 Å². The number of carbonyl (C=O) groups excluding carboxylic acids is 3. The zero-order chi connectivity index (χ0) is 20.0. The third-order valence-corrected chi connectivity index (χ3v) is 5.40. The van der Waals surface area contributed by atoms with Crippen LogP contribution >= 0.6 is 0 Å². The van der Waals surface area contributed by atoms with Crippen molar-refractivity contribution >= 4 is 17.8 Å². The van der Waals surface area contributed by atoms with Crippen molar-refractivity contribution in [2.75, 3.05) is 0 Å². The Kier molecular flexibility index (Phi) is 4.01. The number of hydroxylamine groups is 2. The van der Waals surface area contributed by atoms with Crippen molar-refractivity contribution < 1.29 is 19.2 Å². The Morgan fingerprint density at radius 2 is 1.62 bits per heavy atom. The zero-order valence-corrected chi connectivity index (χ0v) is 15.4. The number of imidazole rings is 1. The predicted molar refractivity (Wildman–Crippen MR) is 103 cm³/mol. The molecular formula is C22H17N3O4. The third-order valence-electron chi connectivity index (χ3n) is 5.40. The van der Waals surface area contributed by atoms with E-state index in [1.807, 2.05) is 30.3 Å². The second-order valence-corrected chi connectivity index (χ2v) is 7.14. The van der Waals surface area contributed by atoms with Crippen molar-refractivity contribution in [3.8, 4) is 11.4 Å². The van der Waals surface area contributed by atoms with Crippen molar-refractivity contribution in [2.24, 2.45) is 5.92 Å². The summed E-state index contributed by atoms with van der Waals surface area (Å²) >= 11 is 0. The maximum absolute atomic E-state index is 12.7. The minimum absolute atomic E-state index is 0.250. The molecule has 0 saturated carbocycles. The molecule has 0 spiro atoms. The predicted octanol–water partition coefficient (Wildman–Crippen LogP) is 2.87. The highest BCUT2D eigenvalue weighted by Gasteiger charge is 2.40. The number of nitrogens with zero attached hydrogens (tertiary/aromatic N) is 3. The number of carbonyl (C=O) groups is 3. The van der Waals surface area contributed by atoms with E-state index in [-0.39, 0.29) is 11.1 Å². The van der Waals surface area contributed by atoms with Gasteiger partial charge in [0.25, 0.3) is 11.8 Å². The van der Waals surface area contributed by atoms with Gasteiger partial charge in [-0.1, -0.05) is 47.5 Å². The Balaban J connectivity index is 1.32. The topological polar surface area (TPSA) is 81.5 Å². The molecule has 0 saturated heterocycles.